The molecule has 5 nitrogen and oxygen atoms in total. The van der Waals surface area contributed by atoms with Crippen LogP contribution in [0.3, 0.4) is 0 Å². The predicted molar refractivity (Wildman–Crippen MR) is 75.4 cm³/mol. The fourth-order valence-electron chi connectivity index (χ4n) is 2.02. The van der Waals surface area contributed by atoms with Gasteiger partial charge in [0.15, 0.2) is 5.13 Å². The Labute approximate surface area is 120 Å². The van der Waals surface area contributed by atoms with E-state index in [0.717, 1.165) is 21.4 Å². The van der Waals surface area contributed by atoms with E-state index in [1.54, 1.807) is 0 Å². The van der Waals surface area contributed by atoms with Crippen molar-refractivity contribution in [2.75, 3.05) is 5.73 Å². The number of anilines is 1. The number of nitrogen functional groups attached to an aromatic ring is 1. The number of hydrogen-bond acceptors (Lipinski definition) is 5. The van der Waals surface area contributed by atoms with Gasteiger partial charge < -0.3 is 10.8 Å². The maximum absolute atomic E-state index is 12.1. The van der Waals surface area contributed by atoms with E-state index in [1.165, 1.54) is 0 Å². The Morgan fingerprint density at radius 1 is 1.42 bits per heavy atom. The topological polar surface area (TPSA) is 88.6 Å². The summed E-state index contributed by atoms with van der Waals surface area (Å²) in [4.78, 5) is 20.2. The van der Waals surface area contributed by atoms with E-state index in [0.29, 0.717) is 21.0 Å². The molecule has 0 radical (unpaired) electrons. The van der Waals surface area contributed by atoms with Gasteiger partial charge in [0.2, 0.25) is 5.88 Å². The number of halogens is 1. The molecule has 0 saturated heterocycles. The second-order valence-corrected chi connectivity index (χ2v) is 6.02. The summed E-state index contributed by atoms with van der Waals surface area (Å²) in [7, 11) is 0. The summed E-state index contributed by atoms with van der Waals surface area (Å²) in [5.74, 6) is -0.619. The molecule has 3 rings (SSSR count). The highest BCUT2D eigenvalue weighted by Gasteiger charge is 2.25. The summed E-state index contributed by atoms with van der Waals surface area (Å²) >= 11 is 4.46. The van der Waals surface area contributed by atoms with Crippen molar-refractivity contribution in [3.63, 3.8) is 0 Å². The first-order valence-electron chi connectivity index (χ1n) is 5.36. The lowest BCUT2D eigenvalue weighted by atomic mass is 10.1. The molecule has 0 fully saturated rings. The number of nitrogens with two attached hydrogens (primary N) is 1. The van der Waals surface area contributed by atoms with E-state index in [4.69, 9.17) is 5.73 Å². The SMILES string of the molecule is Cc1cc(Br)c2c(c1)=C(c1sc(N)nc1O)C(=O)N=2. The van der Waals surface area contributed by atoms with Crippen molar-refractivity contribution in [2.24, 2.45) is 4.99 Å². The molecule has 1 aromatic carbocycles. The van der Waals surface area contributed by atoms with Gasteiger partial charge in [0, 0.05) is 9.69 Å². The van der Waals surface area contributed by atoms with Gasteiger partial charge >= 0.3 is 0 Å². The summed E-state index contributed by atoms with van der Waals surface area (Å²) in [6, 6.07) is 3.75. The Hall–Kier alpha value is -1.73. The standard InChI is InChI=1S/C12H8BrN3O2S/c1-4-2-5-7(9-11(18)16-12(14)19-9)10(17)15-8(5)6(13)3-4/h2-3,18H,1H3,(H2,14,16). The lowest BCUT2D eigenvalue weighted by Crippen LogP contribution is -2.25. The molecule has 0 unspecified atom stereocenters. The van der Waals surface area contributed by atoms with Crippen molar-refractivity contribution in [2.45, 2.75) is 6.92 Å². The van der Waals surface area contributed by atoms with Gasteiger partial charge in [-0.15, -0.1) is 0 Å². The van der Waals surface area contributed by atoms with Crippen LogP contribution in [0.1, 0.15) is 10.4 Å². The van der Waals surface area contributed by atoms with Crippen LogP contribution in [0.2, 0.25) is 0 Å². The van der Waals surface area contributed by atoms with Gasteiger partial charge in [-0.1, -0.05) is 11.3 Å². The summed E-state index contributed by atoms with van der Waals surface area (Å²) in [6.45, 7) is 1.92. The molecule has 0 aliphatic carbocycles. The number of nitrogens with zero attached hydrogens (tertiary/aromatic N) is 2. The molecule has 0 spiro atoms. The zero-order valence-corrected chi connectivity index (χ0v) is 12.2. The van der Waals surface area contributed by atoms with Gasteiger partial charge in [0.1, 0.15) is 4.88 Å². The third kappa shape index (κ3) is 1.85. The molecule has 1 aromatic heterocycles. The average Bonchev–Trinajstić information content (AvgIpc) is 2.78. The monoisotopic (exact) mass is 337 g/mol. The first kappa shape index (κ1) is 12.3. The van der Waals surface area contributed by atoms with E-state index in [9.17, 15) is 9.90 Å². The van der Waals surface area contributed by atoms with Gasteiger partial charge in [0.05, 0.1) is 10.9 Å². The van der Waals surface area contributed by atoms with Gasteiger partial charge in [-0.3, -0.25) is 4.79 Å². The lowest BCUT2D eigenvalue weighted by Gasteiger charge is -1.97. The van der Waals surface area contributed by atoms with E-state index in [1.807, 2.05) is 19.1 Å². The maximum atomic E-state index is 12.1. The number of amides is 1. The minimum atomic E-state index is -0.389. The van der Waals surface area contributed by atoms with Crippen LogP contribution in [-0.2, 0) is 4.79 Å². The molecule has 96 valence electrons. The highest BCUT2D eigenvalue weighted by Crippen LogP contribution is 2.32. The number of benzene rings is 1. The first-order chi connectivity index (χ1) is 8.97. The Bertz CT molecular complexity index is 841. The van der Waals surface area contributed by atoms with Gasteiger partial charge in [0.25, 0.3) is 5.91 Å². The van der Waals surface area contributed by atoms with Crippen molar-refractivity contribution < 1.29 is 9.90 Å². The largest absolute Gasteiger partial charge is 0.492 e. The van der Waals surface area contributed by atoms with E-state index < -0.39 is 0 Å². The molecule has 0 atom stereocenters. The normalized spacial score (nSPS) is 13.6. The Balaban J connectivity index is 2.45. The van der Waals surface area contributed by atoms with Crippen LogP contribution in [0.15, 0.2) is 21.6 Å². The summed E-state index contributed by atoms with van der Waals surface area (Å²) < 4.78 is 0.753. The molecule has 0 bridgehead atoms. The van der Waals surface area contributed by atoms with E-state index in [-0.39, 0.29) is 16.9 Å². The third-order valence-corrected chi connectivity index (χ3v) is 4.25. The first-order valence-corrected chi connectivity index (χ1v) is 6.97. The van der Waals surface area contributed by atoms with Crippen LogP contribution in [-0.4, -0.2) is 16.0 Å². The van der Waals surface area contributed by atoms with Crippen molar-refractivity contribution in [3.05, 3.63) is 37.6 Å². The third-order valence-electron chi connectivity index (χ3n) is 2.76. The Kier molecular flexibility index (Phi) is 2.68. The molecule has 3 N–H and O–H groups in total. The van der Waals surface area contributed by atoms with E-state index >= 15 is 0 Å². The van der Waals surface area contributed by atoms with Crippen LogP contribution in [0.5, 0.6) is 5.88 Å². The minimum Gasteiger partial charge on any atom is -0.492 e. The van der Waals surface area contributed by atoms with Crippen LogP contribution in [0.4, 0.5) is 5.13 Å². The zero-order chi connectivity index (χ0) is 13.7. The number of aromatic nitrogens is 1. The molecule has 0 saturated carbocycles. The number of aryl methyl sites for hydroxylation is 1. The summed E-state index contributed by atoms with van der Waals surface area (Å²) in [6.07, 6.45) is 0. The highest BCUT2D eigenvalue weighted by atomic mass is 79.9. The van der Waals surface area contributed by atoms with Crippen molar-refractivity contribution in [1.82, 2.24) is 4.98 Å². The molecule has 19 heavy (non-hydrogen) atoms. The highest BCUT2D eigenvalue weighted by molar-refractivity contribution is 9.10. The Morgan fingerprint density at radius 3 is 2.79 bits per heavy atom. The molecule has 1 aliphatic heterocycles. The molecule has 2 heterocycles. The lowest BCUT2D eigenvalue weighted by molar-refractivity contribution is -0.112. The zero-order valence-electron chi connectivity index (χ0n) is 9.77. The maximum Gasteiger partial charge on any atom is 0.279 e. The second-order valence-electron chi connectivity index (χ2n) is 4.14. The number of thiazole rings is 1. The smallest absolute Gasteiger partial charge is 0.279 e. The van der Waals surface area contributed by atoms with Crippen molar-refractivity contribution >= 4 is 43.9 Å². The average molecular weight is 338 g/mol. The molecule has 1 aliphatic rings. The van der Waals surface area contributed by atoms with Gasteiger partial charge in [-0.2, -0.15) is 4.98 Å². The number of carbonyl (C=O) groups is 1. The fraction of sp³-hybridized carbons (Fsp3) is 0.0833. The fourth-order valence-corrected chi connectivity index (χ4v) is 3.46. The number of hydrogen-bond donors (Lipinski definition) is 2. The number of fused-ring (bicyclic) bond motifs is 1. The summed E-state index contributed by atoms with van der Waals surface area (Å²) in [5, 5.41) is 11.3. The number of rotatable bonds is 1. The van der Waals surface area contributed by atoms with Crippen molar-refractivity contribution in [1.29, 1.82) is 0 Å². The van der Waals surface area contributed by atoms with Crippen LogP contribution in [0, 0.1) is 6.92 Å². The summed E-state index contributed by atoms with van der Waals surface area (Å²) in [5.41, 5.74) is 6.90. The molecular formula is C12H8BrN3O2S. The second kappa shape index (κ2) is 4.14. The van der Waals surface area contributed by atoms with Crippen LogP contribution in [0.25, 0.3) is 5.57 Å². The van der Waals surface area contributed by atoms with Crippen molar-refractivity contribution in [3.8, 4) is 5.88 Å². The predicted octanol–water partition coefficient (Wildman–Crippen LogP) is 0.861. The van der Waals surface area contributed by atoms with Crippen LogP contribution >= 0.6 is 27.3 Å². The van der Waals surface area contributed by atoms with Crippen LogP contribution < -0.4 is 16.3 Å². The number of aromatic hydroxyl groups is 1. The quantitative estimate of drug-likeness (QED) is 0.807. The molecule has 7 heteroatoms. The number of carbonyl (C=O) groups excluding carboxylic acids is 1. The molecule has 1 amide bonds. The van der Waals surface area contributed by atoms with Gasteiger partial charge in [-0.25, -0.2) is 4.99 Å². The Morgan fingerprint density at radius 2 is 2.16 bits per heavy atom. The minimum absolute atomic E-state index is 0.216. The molecular weight excluding hydrogens is 330 g/mol. The van der Waals surface area contributed by atoms with E-state index in [2.05, 4.69) is 25.9 Å². The molecule has 2 aromatic rings. The van der Waals surface area contributed by atoms with Gasteiger partial charge in [-0.05, 0) is 40.5 Å².